The average molecular weight is 581 g/mol. The van der Waals surface area contributed by atoms with Crippen LogP contribution in [0.3, 0.4) is 0 Å². The van der Waals surface area contributed by atoms with E-state index in [1.54, 1.807) is 0 Å². The lowest BCUT2D eigenvalue weighted by atomic mass is 9.63. The monoisotopic (exact) mass is 580 g/mol. The first kappa shape index (κ1) is 26.2. The van der Waals surface area contributed by atoms with Crippen molar-refractivity contribution in [3.8, 4) is 45.1 Å². The summed E-state index contributed by atoms with van der Waals surface area (Å²) < 4.78 is 6.46. The molecular formula is C42H32N2O. The molecule has 1 aliphatic carbocycles. The van der Waals surface area contributed by atoms with Crippen LogP contribution in [0.15, 0.2) is 133 Å². The van der Waals surface area contributed by atoms with Crippen molar-refractivity contribution in [1.82, 2.24) is 9.97 Å². The highest BCUT2D eigenvalue weighted by Gasteiger charge is 2.42. The van der Waals surface area contributed by atoms with Gasteiger partial charge in [0.05, 0.1) is 22.4 Å². The van der Waals surface area contributed by atoms with Crippen LogP contribution in [0.4, 0.5) is 0 Å². The maximum absolute atomic E-state index is 6.46. The Morgan fingerprint density at radius 3 is 1.71 bits per heavy atom. The lowest BCUT2D eigenvalue weighted by Crippen LogP contribution is -2.33. The first-order valence-electron chi connectivity index (χ1n) is 16.0. The molecule has 45 heavy (non-hydrogen) atoms. The molecule has 1 spiro atoms. The van der Waals surface area contributed by atoms with Gasteiger partial charge in [0.1, 0.15) is 11.5 Å². The summed E-state index contributed by atoms with van der Waals surface area (Å²) in [4.78, 5) is 10.2. The zero-order chi connectivity index (χ0) is 29.8. The van der Waals surface area contributed by atoms with Gasteiger partial charge in [0.25, 0.3) is 0 Å². The van der Waals surface area contributed by atoms with Crippen LogP contribution < -0.4 is 4.74 Å². The van der Waals surface area contributed by atoms with E-state index < -0.39 is 0 Å². The Morgan fingerprint density at radius 1 is 0.444 bits per heavy atom. The number of ether oxygens (including phenoxy) is 1. The normalized spacial score (nSPS) is 15.0. The van der Waals surface area contributed by atoms with Gasteiger partial charge in [-0.1, -0.05) is 122 Å². The number of hydrogen-bond acceptors (Lipinski definition) is 3. The largest absolute Gasteiger partial charge is 0.457 e. The molecule has 0 radical (unpaired) electrons. The zero-order valence-electron chi connectivity index (χ0n) is 25.0. The van der Waals surface area contributed by atoms with Crippen molar-refractivity contribution in [2.24, 2.45) is 0 Å². The maximum atomic E-state index is 6.46. The van der Waals surface area contributed by atoms with Crippen molar-refractivity contribution in [1.29, 1.82) is 0 Å². The minimum atomic E-state index is 0.0323. The number of nitrogens with zero attached hydrogens (tertiary/aromatic N) is 2. The van der Waals surface area contributed by atoms with Crippen molar-refractivity contribution in [2.75, 3.05) is 0 Å². The van der Waals surface area contributed by atoms with Crippen LogP contribution in [0.1, 0.15) is 43.2 Å². The van der Waals surface area contributed by atoms with E-state index in [0.717, 1.165) is 55.8 Å². The number of fused-ring (bicyclic) bond motifs is 7. The molecule has 7 aromatic rings. The number of rotatable bonds is 3. The van der Waals surface area contributed by atoms with E-state index in [0.29, 0.717) is 0 Å². The summed E-state index contributed by atoms with van der Waals surface area (Å²) >= 11 is 0. The number of para-hydroxylation sites is 1. The van der Waals surface area contributed by atoms with Gasteiger partial charge in [-0.2, -0.15) is 0 Å². The minimum Gasteiger partial charge on any atom is -0.457 e. The molecule has 0 bridgehead atoms. The number of aromatic nitrogens is 2. The van der Waals surface area contributed by atoms with Crippen LogP contribution in [0.2, 0.25) is 0 Å². The van der Waals surface area contributed by atoms with Gasteiger partial charge < -0.3 is 4.74 Å². The predicted octanol–water partition coefficient (Wildman–Crippen LogP) is 11.1. The molecular weight excluding hydrogens is 548 g/mol. The second kappa shape index (κ2) is 10.4. The van der Waals surface area contributed by atoms with Crippen LogP contribution in [0.5, 0.6) is 11.5 Å². The Bertz CT molecular complexity index is 2210. The van der Waals surface area contributed by atoms with E-state index >= 15 is 0 Å². The number of hydrogen-bond donors (Lipinski definition) is 0. The van der Waals surface area contributed by atoms with E-state index in [1.807, 2.05) is 6.07 Å². The summed E-state index contributed by atoms with van der Waals surface area (Å²) in [5, 5.41) is 2.19. The lowest BCUT2D eigenvalue weighted by Gasteiger charge is -2.43. The molecule has 1 saturated carbocycles. The molecule has 3 nitrogen and oxygen atoms in total. The van der Waals surface area contributed by atoms with Gasteiger partial charge in [-0.3, -0.25) is 0 Å². The summed E-state index contributed by atoms with van der Waals surface area (Å²) in [6.45, 7) is 0. The van der Waals surface area contributed by atoms with Gasteiger partial charge in [-0.15, -0.1) is 0 Å². The third-order valence-electron chi connectivity index (χ3n) is 9.93. The molecule has 1 aliphatic heterocycles. The zero-order valence-corrected chi connectivity index (χ0v) is 25.0. The summed E-state index contributed by atoms with van der Waals surface area (Å²) in [6.07, 6.45) is 6.16. The van der Waals surface area contributed by atoms with Gasteiger partial charge in [0.15, 0.2) is 0 Å². The van der Waals surface area contributed by atoms with Gasteiger partial charge in [-0.25, -0.2) is 9.97 Å². The van der Waals surface area contributed by atoms with Gasteiger partial charge in [0, 0.05) is 38.4 Å². The third kappa shape index (κ3) is 4.34. The Balaban J connectivity index is 1.09. The molecule has 0 atom stereocenters. The maximum Gasteiger partial charge on any atom is 0.131 e. The molecule has 0 unspecified atom stereocenters. The number of benzene rings is 5. The highest BCUT2D eigenvalue weighted by Crippen LogP contribution is 2.55. The lowest BCUT2D eigenvalue weighted by molar-refractivity contribution is 0.306. The van der Waals surface area contributed by atoms with Crippen molar-refractivity contribution in [3.05, 3.63) is 145 Å². The molecule has 2 aromatic heterocycles. The number of pyridine rings is 2. The highest BCUT2D eigenvalue weighted by molar-refractivity contribution is 6.04. The van der Waals surface area contributed by atoms with Crippen LogP contribution >= 0.6 is 0 Å². The van der Waals surface area contributed by atoms with Crippen molar-refractivity contribution < 1.29 is 4.74 Å². The molecule has 5 aromatic carbocycles. The van der Waals surface area contributed by atoms with Crippen molar-refractivity contribution >= 4 is 21.8 Å². The summed E-state index contributed by atoms with van der Waals surface area (Å²) in [5.74, 6) is 2.03. The SMILES string of the molecule is c1ccc(-c2ccc3ccc4ccc(-c5ccc(-c6ccc7c(c6)C6(CCCCC6)c6ccccc6O7)cc5)nc4c3n2)cc1. The topological polar surface area (TPSA) is 35.0 Å². The molecule has 0 saturated heterocycles. The van der Waals surface area contributed by atoms with Gasteiger partial charge >= 0.3 is 0 Å². The third-order valence-corrected chi connectivity index (χ3v) is 9.93. The summed E-state index contributed by atoms with van der Waals surface area (Å²) in [5.41, 5.74) is 11.1. The van der Waals surface area contributed by atoms with E-state index in [1.165, 1.54) is 54.4 Å². The smallest absolute Gasteiger partial charge is 0.131 e. The molecule has 2 aliphatic rings. The fourth-order valence-electron chi connectivity index (χ4n) is 7.61. The van der Waals surface area contributed by atoms with Crippen LogP contribution in [0, 0.1) is 0 Å². The Labute approximate surface area is 263 Å². The van der Waals surface area contributed by atoms with E-state index in [2.05, 4.69) is 127 Å². The summed E-state index contributed by atoms with van der Waals surface area (Å²) in [6, 6.07) is 47.4. The second-order valence-electron chi connectivity index (χ2n) is 12.5. The van der Waals surface area contributed by atoms with Crippen molar-refractivity contribution in [3.63, 3.8) is 0 Å². The van der Waals surface area contributed by atoms with E-state index in [-0.39, 0.29) is 5.41 Å². The van der Waals surface area contributed by atoms with Crippen LogP contribution in [-0.2, 0) is 5.41 Å². The first-order valence-corrected chi connectivity index (χ1v) is 16.0. The Morgan fingerprint density at radius 2 is 1.00 bits per heavy atom. The van der Waals surface area contributed by atoms with Gasteiger partial charge in [0.2, 0.25) is 0 Å². The van der Waals surface area contributed by atoms with Crippen LogP contribution in [-0.4, -0.2) is 9.97 Å². The van der Waals surface area contributed by atoms with E-state index in [4.69, 9.17) is 14.7 Å². The first-order chi connectivity index (χ1) is 22.2. The fraction of sp³-hybridized carbons (Fsp3) is 0.143. The second-order valence-corrected chi connectivity index (χ2v) is 12.5. The molecule has 9 rings (SSSR count). The molecule has 216 valence electrons. The molecule has 0 N–H and O–H groups in total. The predicted molar refractivity (Wildman–Crippen MR) is 184 cm³/mol. The standard InChI is InChI=1S/C42H32N2O/c1-3-9-29(10-4-1)36-22-19-31-17-18-32-20-23-37(44-41(32)40(31)43-36)30-15-13-28(14-16-30)33-21-24-39-35(27-33)42(25-7-2-8-26-42)34-11-5-6-12-38(34)45-39/h1,3-6,9-24,27H,2,7-8,25-26H2. The fourth-order valence-corrected chi connectivity index (χ4v) is 7.61. The summed E-state index contributed by atoms with van der Waals surface area (Å²) in [7, 11) is 0. The van der Waals surface area contributed by atoms with Gasteiger partial charge in [-0.05, 0) is 54.3 Å². The average Bonchev–Trinajstić information content (AvgIpc) is 3.12. The Hall–Kier alpha value is -5.28. The van der Waals surface area contributed by atoms with E-state index in [9.17, 15) is 0 Å². The molecule has 3 heteroatoms. The van der Waals surface area contributed by atoms with Crippen LogP contribution in [0.25, 0.3) is 55.4 Å². The van der Waals surface area contributed by atoms with Crippen molar-refractivity contribution in [2.45, 2.75) is 37.5 Å². The quantitative estimate of drug-likeness (QED) is 0.195. The molecule has 0 amide bonds. The molecule has 3 heterocycles. The minimum absolute atomic E-state index is 0.0323. The highest BCUT2D eigenvalue weighted by atomic mass is 16.5. The molecule has 1 fully saturated rings. The Kier molecular flexibility index (Phi) is 6.05.